The number of rotatable bonds is 3. The number of aliphatic hydroxyl groups is 1. The second-order valence-corrected chi connectivity index (χ2v) is 5.14. The van der Waals surface area contributed by atoms with Crippen LogP contribution in [-0.2, 0) is 6.42 Å². The van der Waals surface area contributed by atoms with Crippen molar-refractivity contribution in [3.63, 3.8) is 0 Å². The fourth-order valence-electron chi connectivity index (χ4n) is 1.67. The van der Waals surface area contributed by atoms with E-state index >= 15 is 0 Å². The van der Waals surface area contributed by atoms with Crippen molar-refractivity contribution in [3.8, 4) is 0 Å². The van der Waals surface area contributed by atoms with Gasteiger partial charge in [0.15, 0.2) is 0 Å². The lowest BCUT2D eigenvalue weighted by Crippen LogP contribution is -2.01. The lowest BCUT2D eigenvalue weighted by atomic mass is 10.0. The molecule has 0 saturated heterocycles. The summed E-state index contributed by atoms with van der Waals surface area (Å²) in [4.78, 5) is 0. The number of hydrogen-bond donors (Lipinski definition) is 1. The molecule has 0 aromatic heterocycles. The van der Waals surface area contributed by atoms with Crippen LogP contribution < -0.4 is 0 Å². The number of halogens is 2. The molecule has 0 amide bonds. The fraction of sp³-hybridized carbons (Fsp3) is 0.143. The zero-order valence-electron chi connectivity index (χ0n) is 9.11. The van der Waals surface area contributed by atoms with Crippen molar-refractivity contribution >= 4 is 27.5 Å². The van der Waals surface area contributed by atoms with Gasteiger partial charge in [0.2, 0.25) is 0 Å². The zero-order valence-corrected chi connectivity index (χ0v) is 11.4. The quantitative estimate of drug-likeness (QED) is 0.892. The summed E-state index contributed by atoms with van der Waals surface area (Å²) >= 11 is 9.33. The van der Waals surface area contributed by atoms with Crippen LogP contribution in [0, 0.1) is 0 Å². The van der Waals surface area contributed by atoms with Gasteiger partial charge in [-0.2, -0.15) is 0 Å². The molecule has 0 fully saturated rings. The van der Waals surface area contributed by atoms with Gasteiger partial charge < -0.3 is 5.11 Å². The molecule has 2 aromatic carbocycles. The first-order chi connectivity index (χ1) is 8.16. The van der Waals surface area contributed by atoms with Crippen molar-refractivity contribution in [2.75, 3.05) is 0 Å². The maximum Gasteiger partial charge on any atom is 0.0830 e. The number of aliphatic hydroxyl groups excluding tert-OH is 1. The first-order valence-electron chi connectivity index (χ1n) is 5.34. The maximum atomic E-state index is 10.1. The number of hydrogen-bond acceptors (Lipinski definition) is 1. The van der Waals surface area contributed by atoms with E-state index < -0.39 is 6.10 Å². The highest BCUT2D eigenvalue weighted by Crippen LogP contribution is 2.27. The van der Waals surface area contributed by atoms with E-state index in [1.54, 1.807) is 6.07 Å². The van der Waals surface area contributed by atoms with Gasteiger partial charge in [-0.15, -0.1) is 0 Å². The third kappa shape index (κ3) is 3.32. The van der Waals surface area contributed by atoms with Crippen LogP contribution in [0.25, 0.3) is 0 Å². The highest BCUT2D eigenvalue weighted by Gasteiger charge is 2.09. The van der Waals surface area contributed by atoms with Crippen LogP contribution in [0.1, 0.15) is 17.2 Å². The fourth-order valence-corrected chi connectivity index (χ4v) is 2.11. The first-order valence-corrected chi connectivity index (χ1v) is 6.51. The molecule has 0 heterocycles. The third-order valence-corrected chi connectivity index (χ3v) is 3.83. The molecule has 0 radical (unpaired) electrons. The van der Waals surface area contributed by atoms with Crippen LogP contribution in [0.15, 0.2) is 53.0 Å². The maximum absolute atomic E-state index is 10.1. The molecule has 0 aliphatic rings. The van der Waals surface area contributed by atoms with Gasteiger partial charge in [-0.25, -0.2) is 0 Å². The molecule has 2 rings (SSSR count). The molecule has 1 N–H and O–H groups in total. The number of benzene rings is 2. The minimum Gasteiger partial charge on any atom is -0.388 e. The molecule has 3 heteroatoms. The Morgan fingerprint density at radius 1 is 1.12 bits per heavy atom. The summed E-state index contributed by atoms with van der Waals surface area (Å²) in [6, 6.07) is 15.4. The van der Waals surface area contributed by atoms with Crippen LogP contribution >= 0.6 is 27.5 Å². The first kappa shape index (κ1) is 12.6. The van der Waals surface area contributed by atoms with Crippen molar-refractivity contribution in [3.05, 3.63) is 69.2 Å². The van der Waals surface area contributed by atoms with Gasteiger partial charge in [0, 0.05) is 10.9 Å². The van der Waals surface area contributed by atoms with Crippen LogP contribution in [0.4, 0.5) is 0 Å². The Labute approximate surface area is 114 Å². The second-order valence-electron chi connectivity index (χ2n) is 3.88. The van der Waals surface area contributed by atoms with Gasteiger partial charge in [-0.1, -0.05) is 48.0 Å². The normalized spacial score (nSPS) is 12.4. The Hall–Kier alpha value is -0.830. The predicted molar refractivity (Wildman–Crippen MR) is 74.3 cm³/mol. The highest BCUT2D eigenvalue weighted by atomic mass is 79.9. The molecular weight excluding hydrogens is 300 g/mol. The van der Waals surface area contributed by atoms with Gasteiger partial charge in [-0.05, 0) is 39.2 Å². The van der Waals surface area contributed by atoms with Crippen molar-refractivity contribution in [2.24, 2.45) is 0 Å². The van der Waals surface area contributed by atoms with E-state index in [0.717, 1.165) is 15.6 Å². The Morgan fingerprint density at radius 2 is 1.82 bits per heavy atom. The molecule has 0 aliphatic heterocycles. The Kier molecular flexibility index (Phi) is 4.21. The molecule has 88 valence electrons. The molecule has 1 nitrogen and oxygen atoms in total. The third-order valence-electron chi connectivity index (χ3n) is 2.60. The predicted octanol–water partition coefficient (Wildman–Crippen LogP) is 4.38. The molecule has 0 spiro atoms. The summed E-state index contributed by atoms with van der Waals surface area (Å²) in [5.41, 5.74) is 1.95. The molecular formula is C14H12BrClO. The van der Waals surface area contributed by atoms with E-state index in [0.29, 0.717) is 11.4 Å². The lowest BCUT2D eigenvalue weighted by molar-refractivity contribution is 0.178. The minimum absolute atomic E-state index is 0.525. The molecule has 1 atom stereocenters. The van der Waals surface area contributed by atoms with Crippen LogP contribution in [0.3, 0.4) is 0 Å². The van der Waals surface area contributed by atoms with E-state index in [1.807, 2.05) is 42.5 Å². The van der Waals surface area contributed by atoms with Gasteiger partial charge >= 0.3 is 0 Å². The molecule has 2 aromatic rings. The monoisotopic (exact) mass is 310 g/mol. The lowest BCUT2D eigenvalue weighted by Gasteiger charge is -2.11. The van der Waals surface area contributed by atoms with Crippen LogP contribution in [0.2, 0.25) is 5.02 Å². The average Bonchev–Trinajstić information content (AvgIpc) is 2.34. The van der Waals surface area contributed by atoms with E-state index in [1.165, 1.54) is 0 Å². The molecule has 1 unspecified atom stereocenters. The SMILES string of the molecule is OC(Cc1ccccc1)c1ccc(Br)c(Cl)c1. The zero-order chi connectivity index (χ0) is 12.3. The van der Waals surface area contributed by atoms with Gasteiger partial charge in [-0.3, -0.25) is 0 Å². The van der Waals surface area contributed by atoms with E-state index in [2.05, 4.69) is 15.9 Å². The Balaban J connectivity index is 2.14. The standard InChI is InChI=1S/C14H12BrClO/c15-12-7-6-11(9-13(12)16)14(17)8-10-4-2-1-3-5-10/h1-7,9,14,17H,8H2. The second kappa shape index (κ2) is 5.67. The Morgan fingerprint density at radius 3 is 2.47 bits per heavy atom. The average molecular weight is 312 g/mol. The minimum atomic E-state index is -0.525. The van der Waals surface area contributed by atoms with Gasteiger partial charge in [0.05, 0.1) is 11.1 Å². The molecule has 17 heavy (non-hydrogen) atoms. The molecule has 0 saturated carbocycles. The topological polar surface area (TPSA) is 20.2 Å². The summed E-state index contributed by atoms with van der Waals surface area (Å²) in [6.45, 7) is 0. The van der Waals surface area contributed by atoms with E-state index in [-0.39, 0.29) is 0 Å². The van der Waals surface area contributed by atoms with Gasteiger partial charge in [0.1, 0.15) is 0 Å². The summed E-state index contributed by atoms with van der Waals surface area (Å²) in [5.74, 6) is 0. The molecule has 0 bridgehead atoms. The summed E-state index contributed by atoms with van der Waals surface area (Å²) in [6.07, 6.45) is 0.0710. The van der Waals surface area contributed by atoms with Crippen molar-refractivity contribution < 1.29 is 5.11 Å². The van der Waals surface area contributed by atoms with Crippen LogP contribution in [0.5, 0.6) is 0 Å². The smallest absolute Gasteiger partial charge is 0.0830 e. The Bertz CT molecular complexity index is 499. The van der Waals surface area contributed by atoms with Crippen molar-refractivity contribution in [1.82, 2.24) is 0 Å². The van der Waals surface area contributed by atoms with Crippen LogP contribution in [-0.4, -0.2) is 5.11 Å². The summed E-state index contributed by atoms with van der Waals surface area (Å²) in [7, 11) is 0. The molecule has 0 aliphatic carbocycles. The summed E-state index contributed by atoms with van der Waals surface area (Å²) < 4.78 is 0.842. The summed E-state index contributed by atoms with van der Waals surface area (Å²) in [5, 5.41) is 10.7. The van der Waals surface area contributed by atoms with Gasteiger partial charge in [0.25, 0.3) is 0 Å². The van der Waals surface area contributed by atoms with Crippen molar-refractivity contribution in [1.29, 1.82) is 0 Å². The highest BCUT2D eigenvalue weighted by molar-refractivity contribution is 9.10. The largest absolute Gasteiger partial charge is 0.388 e. The van der Waals surface area contributed by atoms with E-state index in [4.69, 9.17) is 11.6 Å². The van der Waals surface area contributed by atoms with Crippen molar-refractivity contribution in [2.45, 2.75) is 12.5 Å². The van der Waals surface area contributed by atoms with E-state index in [9.17, 15) is 5.11 Å².